The maximum Gasteiger partial charge on any atom is 0.239 e. The minimum atomic E-state index is -1.73. The highest BCUT2D eigenvalue weighted by Crippen LogP contribution is 2.25. The predicted octanol–water partition coefficient (Wildman–Crippen LogP) is 3.91. The van der Waals surface area contributed by atoms with Crippen LogP contribution in [0.3, 0.4) is 0 Å². The van der Waals surface area contributed by atoms with Crippen molar-refractivity contribution in [1.82, 2.24) is 0 Å². The fourth-order valence-corrected chi connectivity index (χ4v) is 2.11. The molecule has 2 aromatic carbocycles. The van der Waals surface area contributed by atoms with Gasteiger partial charge in [0, 0.05) is 11.3 Å². The SMILES string of the molecule is CC(=O)c1cccc(NC(=O)C(C)(C)C(=O)Nc2ccc(F)c(F)c2F)c1. The number of carbonyl (C=O) groups excluding carboxylic acids is 3. The first kappa shape index (κ1) is 20.2. The molecule has 0 fully saturated rings. The van der Waals surface area contributed by atoms with E-state index in [1.54, 1.807) is 12.1 Å². The fraction of sp³-hybridized carbons (Fsp3) is 0.211. The topological polar surface area (TPSA) is 75.3 Å². The molecule has 0 atom stereocenters. The Bertz CT molecular complexity index is 926. The van der Waals surface area contributed by atoms with E-state index in [-0.39, 0.29) is 5.78 Å². The van der Waals surface area contributed by atoms with Gasteiger partial charge in [-0.1, -0.05) is 12.1 Å². The van der Waals surface area contributed by atoms with Gasteiger partial charge in [0.25, 0.3) is 0 Å². The van der Waals surface area contributed by atoms with E-state index in [0.717, 1.165) is 6.07 Å². The summed E-state index contributed by atoms with van der Waals surface area (Å²) in [4.78, 5) is 36.3. The maximum atomic E-state index is 13.7. The molecule has 0 spiro atoms. The minimum Gasteiger partial charge on any atom is -0.325 e. The number of hydrogen-bond acceptors (Lipinski definition) is 3. The normalized spacial score (nSPS) is 11.0. The van der Waals surface area contributed by atoms with Crippen LogP contribution in [0.2, 0.25) is 0 Å². The van der Waals surface area contributed by atoms with Crippen LogP contribution >= 0.6 is 0 Å². The van der Waals surface area contributed by atoms with Gasteiger partial charge in [0.15, 0.2) is 23.2 Å². The summed E-state index contributed by atoms with van der Waals surface area (Å²) in [6.45, 7) is 3.93. The average Bonchev–Trinajstić information content (AvgIpc) is 2.62. The van der Waals surface area contributed by atoms with Gasteiger partial charge in [-0.3, -0.25) is 14.4 Å². The number of nitrogens with one attached hydrogen (secondary N) is 2. The zero-order valence-corrected chi connectivity index (χ0v) is 14.8. The lowest BCUT2D eigenvalue weighted by Crippen LogP contribution is -2.41. The number of halogens is 3. The fourth-order valence-electron chi connectivity index (χ4n) is 2.11. The van der Waals surface area contributed by atoms with Crippen LogP contribution in [0.15, 0.2) is 36.4 Å². The minimum absolute atomic E-state index is 0.197. The first-order valence-corrected chi connectivity index (χ1v) is 7.91. The predicted molar refractivity (Wildman–Crippen MR) is 93.8 cm³/mol. The van der Waals surface area contributed by atoms with Crippen molar-refractivity contribution in [1.29, 1.82) is 0 Å². The molecule has 2 N–H and O–H groups in total. The smallest absolute Gasteiger partial charge is 0.239 e. The van der Waals surface area contributed by atoms with Crippen LogP contribution in [0.1, 0.15) is 31.1 Å². The van der Waals surface area contributed by atoms with Crippen LogP contribution in [0.4, 0.5) is 24.5 Å². The van der Waals surface area contributed by atoms with Crippen LogP contribution in [-0.2, 0) is 9.59 Å². The van der Waals surface area contributed by atoms with Crippen molar-refractivity contribution < 1.29 is 27.6 Å². The lowest BCUT2D eigenvalue weighted by molar-refractivity contribution is -0.135. The monoisotopic (exact) mass is 378 g/mol. The quantitative estimate of drug-likeness (QED) is 0.471. The lowest BCUT2D eigenvalue weighted by atomic mass is 9.90. The number of benzene rings is 2. The van der Waals surface area contributed by atoms with Gasteiger partial charge in [0.2, 0.25) is 11.8 Å². The number of carbonyl (C=O) groups is 3. The molecule has 2 aromatic rings. The highest BCUT2D eigenvalue weighted by molar-refractivity contribution is 6.14. The summed E-state index contributed by atoms with van der Waals surface area (Å²) in [5.74, 6) is -6.54. The zero-order chi connectivity index (χ0) is 20.4. The third-order valence-corrected chi connectivity index (χ3v) is 3.95. The van der Waals surface area contributed by atoms with E-state index in [1.807, 2.05) is 0 Å². The molecule has 0 heterocycles. The highest BCUT2D eigenvalue weighted by atomic mass is 19.2. The average molecular weight is 378 g/mol. The van der Waals surface area contributed by atoms with Crippen molar-refractivity contribution in [3.8, 4) is 0 Å². The Kier molecular flexibility index (Phi) is 5.68. The molecule has 8 heteroatoms. The van der Waals surface area contributed by atoms with Gasteiger partial charge in [0.05, 0.1) is 5.69 Å². The largest absolute Gasteiger partial charge is 0.325 e. The molecule has 0 radical (unpaired) electrons. The van der Waals surface area contributed by atoms with Gasteiger partial charge in [-0.15, -0.1) is 0 Å². The second kappa shape index (κ2) is 7.61. The van der Waals surface area contributed by atoms with Crippen molar-refractivity contribution in [3.05, 3.63) is 59.4 Å². The highest BCUT2D eigenvalue weighted by Gasteiger charge is 2.37. The van der Waals surface area contributed by atoms with Crippen molar-refractivity contribution in [2.75, 3.05) is 10.6 Å². The summed E-state index contributed by atoms with van der Waals surface area (Å²) < 4.78 is 40.0. The number of anilines is 2. The summed E-state index contributed by atoms with van der Waals surface area (Å²) in [6, 6.07) is 7.64. The number of amides is 2. The Labute approximate surface area is 153 Å². The van der Waals surface area contributed by atoms with Gasteiger partial charge in [-0.2, -0.15) is 0 Å². The molecule has 27 heavy (non-hydrogen) atoms. The lowest BCUT2D eigenvalue weighted by Gasteiger charge is -2.23. The number of rotatable bonds is 5. The van der Waals surface area contributed by atoms with Crippen molar-refractivity contribution in [2.45, 2.75) is 20.8 Å². The van der Waals surface area contributed by atoms with Gasteiger partial charge >= 0.3 is 0 Å². The van der Waals surface area contributed by atoms with Gasteiger partial charge in [0.1, 0.15) is 5.41 Å². The molecule has 2 amide bonds. The molecule has 2 rings (SSSR count). The summed E-state index contributed by atoms with van der Waals surface area (Å²) >= 11 is 0. The molecule has 142 valence electrons. The Hall–Kier alpha value is -3.16. The molecule has 0 bridgehead atoms. The first-order chi connectivity index (χ1) is 12.5. The van der Waals surface area contributed by atoms with Crippen molar-refractivity contribution in [3.63, 3.8) is 0 Å². The molecule has 0 aliphatic rings. The standard InChI is InChI=1S/C19H17F3N2O3/c1-10(25)11-5-4-6-12(9-11)23-17(26)19(2,3)18(27)24-14-8-7-13(20)15(21)16(14)22/h4-9H,1-3H3,(H,23,26)(H,24,27). The molecule has 0 saturated carbocycles. The van der Waals surface area contributed by atoms with Gasteiger partial charge in [-0.05, 0) is 45.0 Å². The Morgan fingerprint density at radius 1 is 0.889 bits per heavy atom. The van der Waals surface area contributed by atoms with Crippen LogP contribution in [0.25, 0.3) is 0 Å². The third-order valence-electron chi connectivity index (χ3n) is 3.95. The van der Waals surface area contributed by atoms with E-state index in [2.05, 4.69) is 10.6 Å². The van der Waals surface area contributed by atoms with Gasteiger partial charge in [-0.25, -0.2) is 13.2 Å². The molecule has 0 aliphatic carbocycles. The van der Waals surface area contributed by atoms with Crippen LogP contribution in [-0.4, -0.2) is 17.6 Å². The number of Topliss-reactive ketones (excluding diaryl/α,β-unsaturated/α-hetero) is 1. The zero-order valence-electron chi connectivity index (χ0n) is 14.8. The maximum absolute atomic E-state index is 13.7. The van der Waals surface area contributed by atoms with Crippen LogP contribution in [0, 0.1) is 22.9 Å². The molecule has 0 aliphatic heterocycles. The molecule has 5 nitrogen and oxygen atoms in total. The van der Waals surface area contributed by atoms with Crippen molar-refractivity contribution in [2.24, 2.45) is 5.41 Å². The van der Waals surface area contributed by atoms with E-state index >= 15 is 0 Å². The third kappa shape index (κ3) is 4.33. The number of hydrogen-bond donors (Lipinski definition) is 2. The summed E-state index contributed by atoms with van der Waals surface area (Å²) in [6.07, 6.45) is 0. The Morgan fingerprint density at radius 2 is 1.52 bits per heavy atom. The molecule has 0 saturated heterocycles. The summed E-state index contributed by atoms with van der Waals surface area (Å²) in [7, 11) is 0. The van der Waals surface area contributed by atoms with Crippen LogP contribution in [0.5, 0.6) is 0 Å². The van der Waals surface area contributed by atoms with E-state index in [0.29, 0.717) is 17.3 Å². The van der Waals surface area contributed by atoms with E-state index in [4.69, 9.17) is 0 Å². The number of ketones is 1. The molecule has 0 unspecified atom stereocenters. The van der Waals surface area contributed by atoms with E-state index in [9.17, 15) is 27.6 Å². The molecular formula is C19H17F3N2O3. The second-order valence-corrected chi connectivity index (χ2v) is 6.39. The van der Waals surface area contributed by atoms with Crippen LogP contribution < -0.4 is 10.6 Å². The first-order valence-electron chi connectivity index (χ1n) is 7.91. The van der Waals surface area contributed by atoms with E-state index in [1.165, 1.54) is 32.9 Å². The Morgan fingerprint density at radius 3 is 2.15 bits per heavy atom. The second-order valence-electron chi connectivity index (χ2n) is 6.39. The molecular weight excluding hydrogens is 361 g/mol. The molecule has 0 aromatic heterocycles. The van der Waals surface area contributed by atoms with Gasteiger partial charge < -0.3 is 10.6 Å². The van der Waals surface area contributed by atoms with E-state index < -0.39 is 40.4 Å². The van der Waals surface area contributed by atoms with Crippen molar-refractivity contribution >= 4 is 29.0 Å². The Balaban J connectivity index is 2.18. The summed E-state index contributed by atoms with van der Waals surface area (Å²) in [5, 5.41) is 4.58. The summed E-state index contributed by atoms with van der Waals surface area (Å²) in [5.41, 5.74) is -1.59.